The summed E-state index contributed by atoms with van der Waals surface area (Å²) < 4.78 is 0. The predicted molar refractivity (Wildman–Crippen MR) is 56.2 cm³/mol. The Kier molecular flexibility index (Phi) is 6.37. The van der Waals surface area contributed by atoms with Crippen LogP contribution in [0.5, 0.6) is 0 Å². The number of aliphatic carboxylic acids is 1. The van der Waals surface area contributed by atoms with Crippen LogP contribution in [-0.2, 0) is 11.2 Å². The van der Waals surface area contributed by atoms with Gasteiger partial charge in [0.1, 0.15) is 0 Å². The average Bonchev–Trinajstić information content (AvgIpc) is 2.15. The summed E-state index contributed by atoms with van der Waals surface area (Å²) >= 11 is 0. The SMILES string of the molecule is NC(N)=O.O=C(O)CCc1ccccc1. The lowest BCUT2D eigenvalue weighted by Gasteiger charge is -1.95. The van der Waals surface area contributed by atoms with Gasteiger partial charge in [0, 0.05) is 6.42 Å². The van der Waals surface area contributed by atoms with Crippen molar-refractivity contribution < 1.29 is 14.7 Å². The number of urea groups is 1. The lowest BCUT2D eigenvalue weighted by Crippen LogP contribution is -2.18. The number of primary amides is 2. The summed E-state index contributed by atoms with van der Waals surface area (Å²) in [7, 11) is 0. The van der Waals surface area contributed by atoms with Crippen LogP contribution in [0.3, 0.4) is 0 Å². The molecule has 5 N–H and O–H groups in total. The topological polar surface area (TPSA) is 106 Å². The van der Waals surface area contributed by atoms with E-state index < -0.39 is 12.0 Å². The third-order valence-electron chi connectivity index (χ3n) is 1.47. The zero-order chi connectivity index (χ0) is 11.7. The van der Waals surface area contributed by atoms with E-state index in [1.165, 1.54) is 0 Å². The molecule has 0 radical (unpaired) electrons. The predicted octanol–water partition coefficient (Wildman–Crippen LogP) is 0.728. The van der Waals surface area contributed by atoms with Crippen LogP contribution < -0.4 is 11.5 Å². The lowest BCUT2D eigenvalue weighted by atomic mass is 10.1. The van der Waals surface area contributed by atoms with Gasteiger partial charge >= 0.3 is 12.0 Å². The van der Waals surface area contributed by atoms with E-state index in [-0.39, 0.29) is 6.42 Å². The third-order valence-corrected chi connectivity index (χ3v) is 1.47. The van der Waals surface area contributed by atoms with Crippen molar-refractivity contribution in [3.05, 3.63) is 35.9 Å². The molecule has 0 fully saturated rings. The highest BCUT2D eigenvalue weighted by Gasteiger charge is 1.96. The minimum atomic E-state index is -0.833. The normalized spacial score (nSPS) is 8.53. The smallest absolute Gasteiger partial charge is 0.309 e. The molecule has 0 heterocycles. The summed E-state index contributed by atoms with van der Waals surface area (Å²) in [5.74, 6) is -0.742. The molecule has 0 saturated carbocycles. The fraction of sp³-hybridized carbons (Fsp3) is 0.200. The Hall–Kier alpha value is -2.04. The van der Waals surface area contributed by atoms with Gasteiger partial charge in [0.2, 0.25) is 0 Å². The number of carbonyl (C=O) groups excluding carboxylic acids is 1. The van der Waals surface area contributed by atoms with Gasteiger partial charge in [-0.15, -0.1) is 0 Å². The minimum Gasteiger partial charge on any atom is -0.481 e. The van der Waals surface area contributed by atoms with Crippen molar-refractivity contribution in [2.24, 2.45) is 11.5 Å². The molecule has 5 heteroatoms. The molecule has 0 spiro atoms. The zero-order valence-corrected chi connectivity index (χ0v) is 8.22. The first-order valence-electron chi connectivity index (χ1n) is 4.33. The van der Waals surface area contributed by atoms with Gasteiger partial charge in [-0.2, -0.15) is 0 Å². The second-order valence-corrected chi connectivity index (χ2v) is 2.78. The van der Waals surface area contributed by atoms with Crippen molar-refractivity contribution in [3.63, 3.8) is 0 Å². The Morgan fingerprint density at radius 2 is 1.60 bits per heavy atom. The summed E-state index contributed by atoms with van der Waals surface area (Å²) in [6, 6.07) is 8.78. The van der Waals surface area contributed by atoms with Crippen molar-refractivity contribution in [2.75, 3.05) is 0 Å². The van der Waals surface area contributed by atoms with Crippen LogP contribution in [0.25, 0.3) is 0 Å². The molecule has 0 aliphatic carbocycles. The molecule has 1 rings (SSSR count). The molecule has 82 valence electrons. The maximum atomic E-state index is 10.2. The van der Waals surface area contributed by atoms with Gasteiger partial charge in [-0.3, -0.25) is 4.79 Å². The van der Waals surface area contributed by atoms with Crippen LogP contribution in [0.15, 0.2) is 30.3 Å². The van der Waals surface area contributed by atoms with E-state index in [2.05, 4.69) is 11.5 Å². The van der Waals surface area contributed by atoms with Gasteiger partial charge in [0.25, 0.3) is 0 Å². The van der Waals surface area contributed by atoms with Crippen molar-refractivity contribution in [2.45, 2.75) is 12.8 Å². The number of nitrogens with two attached hydrogens (primary N) is 2. The van der Waals surface area contributed by atoms with Gasteiger partial charge in [-0.1, -0.05) is 30.3 Å². The van der Waals surface area contributed by atoms with Crippen molar-refractivity contribution in [1.29, 1.82) is 0 Å². The Bertz CT molecular complexity index is 308. The summed E-state index contributed by atoms with van der Waals surface area (Å²) in [6.45, 7) is 0. The summed E-state index contributed by atoms with van der Waals surface area (Å²) in [5, 5.41) is 8.37. The van der Waals surface area contributed by atoms with Crippen LogP contribution in [-0.4, -0.2) is 17.1 Å². The molecule has 5 nitrogen and oxygen atoms in total. The Balaban J connectivity index is 0.000000423. The summed E-state index contributed by atoms with van der Waals surface area (Å²) in [6.07, 6.45) is 0.834. The van der Waals surface area contributed by atoms with Crippen molar-refractivity contribution >= 4 is 12.0 Å². The van der Waals surface area contributed by atoms with Crippen molar-refractivity contribution in [3.8, 4) is 0 Å². The lowest BCUT2D eigenvalue weighted by molar-refractivity contribution is -0.136. The number of amides is 2. The number of carbonyl (C=O) groups is 2. The summed E-state index contributed by atoms with van der Waals surface area (Å²) in [5.41, 5.74) is 9.58. The van der Waals surface area contributed by atoms with E-state index >= 15 is 0 Å². The second kappa shape index (κ2) is 7.37. The fourth-order valence-corrected chi connectivity index (χ4v) is 0.896. The Labute approximate surface area is 87.7 Å². The van der Waals surface area contributed by atoms with Crippen LogP contribution in [0.1, 0.15) is 12.0 Å². The number of benzene rings is 1. The molecular formula is C10H14N2O3. The molecule has 0 unspecified atom stereocenters. The summed E-state index contributed by atoms with van der Waals surface area (Å²) in [4.78, 5) is 19.2. The van der Waals surface area contributed by atoms with E-state index in [0.717, 1.165) is 5.56 Å². The van der Waals surface area contributed by atoms with Gasteiger partial charge < -0.3 is 16.6 Å². The number of rotatable bonds is 3. The first-order valence-corrected chi connectivity index (χ1v) is 4.33. The Morgan fingerprint density at radius 3 is 2.00 bits per heavy atom. The third kappa shape index (κ3) is 9.88. The van der Waals surface area contributed by atoms with Gasteiger partial charge in [0.15, 0.2) is 0 Å². The van der Waals surface area contributed by atoms with E-state index in [4.69, 9.17) is 9.90 Å². The fourth-order valence-electron chi connectivity index (χ4n) is 0.896. The molecule has 15 heavy (non-hydrogen) atoms. The largest absolute Gasteiger partial charge is 0.481 e. The van der Waals surface area contributed by atoms with Crippen LogP contribution >= 0.6 is 0 Å². The van der Waals surface area contributed by atoms with E-state index in [1.807, 2.05) is 30.3 Å². The number of hydrogen-bond donors (Lipinski definition) is 3. The van der Waals surface area contributed by atoms with Crippen molar-refractivity contribution in [1.82, 2.24) is 0 Å². The first-order chi connectivity index (χ1) is 7.02. The molecule has 0 aliphatic heterocycles. The van der Waals surface area contributed by atoms with E-state index in [9.17, 15) is 4.79 Å². The zero-order valence-electron chi connectivity index (χ0n) is 8.22. The van der Waals surface area contributed by atoms with Gasteiger partial charge in [-0.25, -0.2) is 4.79 Å². The highest BCUT2D eigenvalue weighted by Crippen LogP contribution is 2.01. The van der Waals surface area contributed by atoms with E-state index in [0.29, 0.717) is 6.42 Å². The first kappa shape index (κ1) is 13.0. The monoisotopic (exact) mass is 210 g/mol. The Morgan fingerprint density at radius 1 is 1.13 bits per heavy atom. The van der Waals surface area contributed by atoms with E-state index in [1.54, 1.807) is 0 Å². The van der Waals surface area contributed by atoms with Crippen LogP contribution in [0.4, 0.5) is 4.79 Å². The quantitative estimate of drug-likeness (QED) is 0.684. The molecule has 0 atom stereocenters. The number of carboxylic acid groups (broad SMARTS) is 1. The molecule has 0 aliphatic rings. The van der Waals surface area contributed by atoms with Gasteiger partial charge in [0.05, 0.1) is 0 Å². The molecule has 1 aromatic rings. The molecule has 0 bridgehead atoms. The van der Waals surface area contributed by atoms with Crippen LogP contribution in [0.2, 0.25) is 0 Å². The standard InChI is InChI=1S/C9H10O2.CH4N2O/c10-9(11)7-6-8-4-2-1-3-5-8;2-1(3)4/h1-5H,6-7H2,(H,10,11);(H4,2,3,4). The number of hydrogen-bond acceptors (Lipinski definition) is 2. The highest BCUT2D eigenvalue weighted by molar-refractivity contribution is 5.69. The second-order valence-electron chi connectivity index (χ2n) is 2.78. The molecule has 2 amide bonds. The van der Waals surface area contributed by atoms with Gasteiger partial charge in [-0.05, 0) is 12.0 Å². The highest BCUT2D eigenvalue weighted by atomic mass is 16.4. The maximum absolute atomic E-state index is 10.2. The molecular weight excluding hydrogens is 196 g/mol. The molecule has 0 saturated heterocycles. The minimum absolute atomic E-state index is 0.212. The number of carboxylic acids is 1. The molecule has 0 aromatic heterocycles. The maximum Gasteiger partial charge on any atom is 0.309 e. The molecule has 1 aromatic carbocycles. The number of aryl methyl sites for hydroxylation is 1. The average molecular weight is 210 g/mol. The van der Waals surface area contributed by atoms with Crippen LogP contribution in [0, 0.1) is 0 Å².